The van der Waals surface area contributed by atoms with Gasteiger partial charge in [0.1, 0.15) is 5.01 Å². The number of nitrogens with zero attached hydrogens (tertiary/aromatic N) is 4. The highest BCUT2D eigenvalue weighted by molar-refractivity contribution is 7.09. The van der Waals surface area contributed by atoms with Crippen molar-refractivity contribution in [2.45, 2.75) is 32.3 Å². The van der Waals surface area contributed by atoms with Gasteiger partial charge in [-0.2, -0.15) is 18.3 Å². The van der Waals surface area contributed by atoms with Crippen molar-refractivity contribution < 1.29 is 17.9 Å². The average Bonchev–Trinajstić information content (AvgIpc) is 3.15. The molecule has 1 unspecified atom stereocenters. The molecule has 0 N–H and O–H groups in total. The van der Waals surface area contributed by atoms with Crippen LogP contribution in [0.5, 0.6) is 0 Å². The third-order valence-electron chi connectivity index (χ3n) is 3.70. The Bertz CT molecular complexity index is 654. The second-order valence-corrected chi connectivity index (χ2v) is 6.29. The Kier molecular flexibility index (Phi) is 4.69. The predicted molar refractivity (Wildman–Crippen MR) is 79.0 cm³/mol. The van der Waals surface area contributed by atoms with E-state index in [2.05, 4.69) is 15.0 Å². The minimum atomic E-state index is -4.38. The van der Waals surface area contributed by atoms with Gasteiger partial charge in [0.2, 0.25) is 0 Å². The van der Waals surface area contributed by atoms with Gasteiger partial charge in [0.15, 0.2) is 5.69 Å². The van der Waals surface area contributed by atoms with Crippen molar-refractivity contribution >= 4 is 11.3 Å². The summed E-state index contributed by atoms with van der Waals surface area (Å²) in [5.74, 6) is 0. The van der Waals surface area contributed by atoms with Crippen LogP contribution in [0.4, 0.5) is 13.2 Å². The molecule has 0 bridgehead atoms. The quantitative estimate of drug-likeness (QED) is 0.854. The summed E-state index contributed by atoms with van der Waals surface area (Å²) in [5.41, 5.74) is 0.179. The minimum absolute atomic E-state index is 0.105. The molecule has 0 radical (unpaired) electrons. The smallest absolute Gasteiger partial charge is 0.371 e. The molecule has 1 aliphatic heterocycles. The van der Waals surface area contributed by atoms with Gasteiger partial charge in [-0.3, -0.25) is 9.58 Å². The number of alkyl halides is 3. The first-order chi connectivity index (χ1) is 11.0. The Morgan fingerprint density at radius 3 is 2.91 bits per heavy atom. The highest BCUT2D eigenvalue weighted by atomic mass is 32.1. The fourth-order valence-electron chi connectivity index (χ4n) is 2.47. The monoisotopic (exact) mass is 346 g/mol. The van der Waals surface area contributed by atoms with Crippen LogP contribution in [-0.2, 0) is 24.0 Å². The fourth-order valence-corrected chi connectivity index (χ4v) is 3.31. The van der Waals surface area contributed by atoms with E-state index in [1.54, 1.807) is 6.20 Å². The number of aryl methyl sites for hydroxylation is 1. The number of thiazole rings is 1. The minimum Gasteiger partial charge on any atom is -0.371 e. The van der Waals surface area contributed by atoms with Crippen LogP contribution in [0, 0.1) is 0 Å². The van der Waals surface area contributed by atoms with Gasteiger partial charge in [-0.1, -0.05) is 0 Å². The lowest BCUT2D eigenvalue weighted by Gasteiger charge is -2.31. The van der Waals surface area contributed by atoms with Gasteiger partial charge in [-0.05, 0) is 6.92 Å². The molecule has 0 spiro atoms. The van der Waals surface area contributed by atoms with Gasteiger partial charge in [-0.15, -0.1) is 11.3 Å². The number of morpholine rings is 1. The first-order valence-electron chi connectivity index (χ1n) is 7.33. The van der Waals surface area contributed by atoms with Crippen molar-refractivity contribution in [2.75, 3.05) is 19.7 Å². The van der Waals surface area contributed by atoms with E-state index in [1.807, 2.05) is 17.8 Å². The molecule has 0 aliphatic carbocycles. The summed E-state index contributed by atoms with van der Waals surface area (Å²) in [6, 6.07) is 0. The Balaban J connectivity index is 1.63. The van der Waals surface area contributed by atoms with Gasteiger partial charge in [0, 0.05) is 36.8 Å². The van der Waals surface area contributed by atoms with Gasteiger partial charge in [0.05, 0.1) is 25.5 Å². The maximum atomic E-state index is 12.6. The van der Waals surface area contributed by atoms with Crippen LogP contribution in [0.15, 0.2) is 17.8 Å². The fraction of sp³-hybridized carbons (Fsp3) is 0.571. The Morgan fingerprint density at radius 1 is 1.43 bits per heavy atom. The predicted octanol–water partition coefficient (Wildman–Crippen LogP) is 2.95. The van der Waals surface area contributed by atoms with E-state index >= 15 is 0 Å². The second kappa shape index (κ2) is 6.58. The van der Waals surface area contributed by atoms with Crippen LogP contribution in [0.3, 0.4) is 0 Å². The molecule has 2 aromatic rings. The Labute approximate surface area is 135 Å². The summed E-state index contributed by atoms with van der Waals surface area (Å²) < 4.78 is 45.4. The Hall–Kier alpha value is -1.45. The van der Waals surface area contributed by atoms with Crippen molar-refractivity contribution in [3.05, 3.63) is 34.0 Å². The normalized spacial score (nSPS) is 20.1. The van der Waals surface area contributed by atoms with Crippen molar-refractivity contribution in [1.82, 2.24) is 19.7 Å². The molecule has 23 heavy (non-hydrogen) atoms. The van der Waals surface area contributed by atoms with Crippen molar-refractivity contribution in [1.29, 1.82) is 0 Å². The van der Waals surface area contributed by atoms with Crippen LogP contribution < -0.4 is 0 Å². The average molecular weight is 346 g/mol. The molecular formula is C14H17F3N4OS. The molecule has 1 saturated heterocycles. The topological polar surface area (TPSA) is 43.2 Å². The number of halogens is 3. The lowest BCUT2D eigenvalue weighted by atomic mass is 10.1. The lowest BCUT2D eigenvalue weighted by Crippen LogP contribution is -2.37. The molecule has 1 fully saturated rings. The zero-order valence-electron chi connectivity index (χ0n) is 12.6. The molecule has 9 heteroatoms. The zero-order chi connectivity index (χ0) is 16.4. The SMILES string of the molecule is CCn1cc(C2CN(Cc3nc(C(F)(F)F)cs3)CCO2)cn1. The van der Waals surface area contributed by atoms with Crippen LogP contribution in [0.2, 0.25) is 0 Å². The highest BCUT2D eigenvalue weighted by Crippen LogP contribution is 2.31. The van der Waals surface area contributed by atoms with Crippen LogP contribution in [0.25, 0.3) is 0 Å². The third-order valence-corrected chi connectivity index (χ3v) is 4.53. The maximum absolute atomic E-state index is 12.6. The highest BCUT2D eigenvalue weighted by Gasteiger charge is 2.34. The molecule has 5 nitrogen and oxygen atoms in total. The molecule has 126 valence electrons. The number of ether oxygens (including phenoxy) is 1. The molecular weight excluding hydrogens is 329 g/mol. The number of hydrogen-bond acceptors (Lipinski definition) is 5. The van der Waals surface area contributed by atoms with E-state index in [1.165, 1.54) is 0 Å². The molecule has 1 atom stereocenters. The molecule has 2 aromatic heterocycles. The molecule has 3 heterocycles. The first kappa shape index (κ1) is 16.4. The van der Waals surface area contributed by atoms with Gasteiger partial charge >= 0.3 is 6.18 Å². The van der Waals surface area contributed by atoms with Gasteiger partial charge in [-0.25, -0.2) is 4.98 Å². The zero-order valence-corrected chi connectivity index (χ0v) is 13.4. The van der Waals surface area contributed by atoms with E-state index in [0.29, 0.717) is 31.2 Å². The number of aromatic nitrogens is 3. The van der Waals surface area contributed by atoms with Crippen molar-refractivity contribution in [3.63, 3.8) is 0 Å². The number of rotatable bonds is 4. The summed E-state index contributed by atoms with van der Waals surface area (Å²) in [4.78, 5) is 5.75. The number of hydrogen-bond donors (Lipinski definition) is 0. The van der Waals surface area contributed by atoms with Crippen LogP contribution in [0.1, 0.15) is 29.3 Å². The second-order valence-electron chi connectivity index (χ2n) is 5.35. The largest absolute Gasteiger partial charge is 0.434 e. The maximum Gasteiger partial charge on any atom is 0.434 e. The molecule has 0 aromatic carbocycles. The van der Waals surface area contributed by atoms with Gasteiger partial charge in [0.25, 0.3) is 0 Å². The van der Waals surface area contributed by atoms with E-state index < -0.39 is 11.9 Å². The van der Waals surface area contributed by atoms with Crippen molar-refractivity contribution in [2.24, 2.45) is 0 Å². The van der Waals surface area contributed by atoms with Crippen LogP contribution in [-0.4, -0.2) is 39.4 Å². The molecule has 3 rings (SSSR count). The summed E-state index contributed by atoms with van der Waals surface area (Å²) in [6.07, 6.45) is -0.759. The van der Waals surface area contributed by atoms with E-state index in [4.69, 9.17) is 4.74 Å². The summed E-state index contributed by atoms with van der Waals surface area (Å²) in [5, 5.41) is 5.77. The summed E-state index contributed by atoms with van der Waals surface area (Å²) in [7, 11) is 0. The summed E-state index contributed by atoms with van der Waals surface area (Å²) >= 11 is 1.04. The Morgan fingerprint density at radius 2 is 2.26 bits per heavy atom. The molecule has 1 aliphatic rings. The first-order valence-corrected chi connectivity index (χ1v) is 8.21. The summed E-state index contributed by atoms with van der Waals surface area (Å²) in [6.45, 7) is 5.04. The molecule has 0 saturated carbocycles. The molecule has 0 amide bonds. The van der Waals surface area contributed by atoms with E-state index in [9.17, 15) is 13.2 Å². The van der Waals surface area contributed by atoms with Crippen molar-refractivity contribution in [3.8, 4) is 0 Å². The van der Waals surface area contributed by atoms with Gasteiger partial charge < -0.3 is 4.74 Å². The van der Waals surface area contributed by atoms with E-state index in [0.717, 1.165) is 28.8 Å². The van der Waals surface area contributed by atoms with E-state index in [-0.39, 0.29) is 6.10 Å². The van der Waals surface area contributed by atoms with Crippen LogP contribution >= 0.6 is 11.3 Å². The third kappa shape index (κ3) is 3.91. The lowest BCUT2D eigenvalue weighted by molar-refractivity contribution is -0.140. The standard InChI is InChI=1S/C14H17F3N4OS/c1-2-21-6-10(5-18-21)11-7-20(3-4-22-11)8-13-19-12(9-23-13)14(15,16)17/h5-6,9,11H,2-4,7-8H2,1H3.